The molecule has 44 heavy (non-hydrogen) atoms. The molecule has 3 N–H and O–H groups in total. The van der Waals surface area contributed by atoms with Gasteiger partial charge in [0, 0.05) is 25.7 Å². The van der Waals surface area contributed by atoms with Gasteiger partial charge in [0.25, 0.3) is 0 Å². The number of hydrogen-bond donors (Lipinski definition) is 3. The zero-order valence-corrected chi connectivity index (χ0v) is 27.6. The van der Waals surface area contributed by atoms with E-state index in [-0.39, 0.29) is 43.5 Å². The summed E-state index contributed by atoms with van der Waals surface area (Å²) in [7, 11) is 0. The lowest BCUT2D eigenvalue weighted by molar-refractivity contribution is -0.132. The summed E-state index contributed by atoms with van der Waals surface area (Å²) < 4.78 is 10.8. The van der Waals surface area contributed by atoms with Gasteiger partial charge in [0.2, 0.25) is 5.91 Å². The van der Waals surface area contributed by atoms with Gasteiger partial charge in [-0.1, -0.05) is 76.8 Å². The number of benzene rings is 1. The molecule has 2 fully saturated rings. The van der Waals surface area contributed by atoms with E-state index in [2.05, 4.69) is 16.0 Å². The first-order valence-corrected chi connectivity index (χ1v) is 16.2. The minimum atomic E-state index is -0.694. The molecule has 1 saturated carbocycles. The van der Waals surface area contributed by atoms with E-state index in [1.54, 1.807) is 4.90 Å². The van der Waals surface area contributed by atoms with Crippen molar-refractivity contribution in [2.75, 3.05) is 26.2 Å². The largest absolute Gasteiger partial charge is 0.445 e. The molecule has 0 aromatic heterocycles. The van der Waals surface area contributed by atoms with Gasteiger partial charge < -0.3 is 30.3 Å². The molecule has 1 aliphatic carbocycles. The molecule has 3 rings (SSSR count). The van der Waals surface area contributed by atoms with Crippen LogP contribution >= 0.6 is 0 Å². The predicted molar refractivity (Wildman–Crippen MR) is 170 cm³/mol. The van der Waals surface area contributed by atoms with Crippen LogP contribution in [0.25, 0.3) is 0 Å². The number of nitrogens with zero attached hydrogens (tertiary/aromatic N) is 1. The minimum Gasteiger partial charge on any atom is -0.445 e. The number of carbonyl (C=O) groups is 4. The molecule has 1 aromatic rings. The maximum absolute atomic E-state index is 13.7. The number of amides is 3. The number of carbonyl (C=O) groups excluding carboxylic acids is 4. The second-order valence-electron chi connectivity index (χ2n) is 14.4. The summed E-state index contributed by atoms with van der Waals surface area (Å²) in [6.07, 6.45) is 5.65. The minimum absolute atomic E-state index is 0.0877. The van der Waals surface area contributed by atoms with E-state index in [4.69, 9.17) is 9.47 Å². The van der Waals surface area contributed by atoms with Crippen LogP contribution in [0.5, 0.6) is 0 Å². The summed E-state index contributed by atoms with van der Waals surface area (Å²) in [6, 6.07) is 8.84. The van der Waals surface area contributed by atoms with Gasteiger partial charge in [-0.2, -0.15) is 0 Å². The van der Waals surface area contributed by atoms with E-state index >= 15 is 0 Å². The fourth-order valence-electron chi connectivity index (χ4n) is 5.89. The van der Waals surface area contributed by atoms with Crippen molar-refractivity contribution in [3.8, 4) is 0 Å². The van der Waals surface area contributed by atoms with Crippen LogP contribution in [0.15, 0.2) is 30.3 Å². The van der Waals surface area contributed by atoms with Crippen LogP contribution in [0.3, 0.4) is 0 Å². The average Bonchev–Trinajstić information content (AvgIpc) is 3.48. The van der Waals surface area contributed by atoms with Crippen LogP contribution in [0, 0.1) is 17.3 Å². The molecule has 0 bridgehead atoms. The van der Waals surface area contributed by atoms with E-state index in [0.717, 1.165) is 31.2 Å². The maximum atomic E-state index is 13.7. The van der Waals surface area contributed by atoms with Crippen molar-refractivity contribution in [1.82, 2.24) is 20.9 Å². The molecule has 10 nitrogen and oxygen atoms in total. The highest BCUT2D eigenvalue weighted by atomic mass is 16.6. The van der Waals surface area contributed by atoms with E-state index < -0.39 is 29.1 Å². The fourth-order valence-corrected chi connectivity index (χ4v) is 5.89. The first kappa shape index (κ1) is 35.3. The van der Waals surface area contributed by atoms with E-state index in [1.807, 2.05) is 71.9 Å². The number of rotatable bonds is 12. The third kappa shape index (κ3) is 12.1. The predicted octanol–water partition coefficient (Wildman–Crippen LogP) is 5.20. The SMILES string of the molecule is CC(C)(C)OC(=O)N1CCC(NCC(=O)C(NC(=O)C(CNC(=O)OCc2ccccc2)CC2CCCC2)C(C)(C)C)CC1. The molecule has 0 radical (unpaired) electrons. The molecule has 1 saturated heterocycles. The Hall–Kier alpha value is -3.14. The molecular formula is C34H54N4O6. The van der Waals surface area contributed by atoms with Crippen molar-refractivity contribution in [2.45, 2.75) is 111 Å². The number of hydrogen-bond acceptors (Lipinski definition) is 7. The standard InChI is InChI=1S/C34H54N4O6/c1-33(2,3)29(28(39)22-35-27-16-18-38(19-17-27)32(42)44-34(4,5)6)37-30(40)26(20-24-12-10-11-13-24)21-36-31(41)43-23-25-14-8-7-9-15-25/h7-9,14-15,24,26-27,29,35H,10-13,16-23H2,1-6H3,(H,36,41)(H,37,40). The zero-order chi connectivity index (χ0) is 32.3. The number of likely N-dealkylation sites (tertiary alicyclic amines) is 1. The molecule has 2 atom stereocenters. The number of ketones is 1. The summed E-state index contributed by atoms with van der Waals surface area (Å²) in [6.45, 7) is 12.9. The Balaban J connectivity index is 1.53. The van der Waals surface area contributed by atoms with Crippen LogP contribution in [-0.4, -0.2) is 72.6 Å². The van der Waals surface area contributed by atoms with Gasteiger partial charge in [-0.05, 0) is 56.9 Å². The molecule has 1 heterocycles. The first-order chi connectivity index (χ1) is 20.7. The maximum Gasteiger partial charge on any atom is 0.410 e. The van der Waals surface area contributed by atoms with Gasteiger partial charge in [-0.3, -0.25) is 9.59 Å². The lowest BCUT2D eigenvalue weighted by Crippen LogP contribution is -2.55. The quantitative estimate of drug-likeness (QED) is 0.296. The lowest BCUT2D eigenvalue weighted by Gasteiger charge is -2.35. The molecule has 246 valence electrons. The highest BCUT2D eigenvalue weighted by Gasteiger charge is 2.36. The van der Waals surface area contributed by atoms with Crippen LogP contribution < -0.4 is 16.0 Å². The Labute approximate surface area is 263 Å². The molecular weight excluding hydrogens is 560 g/mol. The number of nitrogens with one attached hydrogen (secondary N) is 3. The Bertz CT molecular complexity index is 1080. The third-order valence-electron chi connectivity index (χ3n) is 8.36. The highest BCUT2D eigenvalue weighted by molar-refractivity contribution is 5.91. The number of ether oxygens (including phenoxy) is 2. The van der Waals surface area contributed by atoms with Gasteiger partial charge in [0.1, 0.15) is 12.2 Å². The van der Waals surface area contributed by atoms with Gasteiger partial charge in [-0.15, -0.1) is 0 Å². The second kappa shape index (κ2) is 16.3. The molecule has 2 unspecified atom stereocenters. The Morgan fingerprint density at radius 1 is 0.932 bits per heavy atom. The van der Waals surface area contributed by atoms with Crippen LogP contribution in [0.2, 0.25) is 0 Å². The summed E-state index contributed by atoms with van der Waals surface area (Å²) in [5.41, 5.74) is -0.159. The zero-order valence-electron chi connectivity index (χ0n) is 27.6. The Kier molecular flexibility index (Phi) is 13.1. The summed E-state index contributed by atoms with van der Waals surface area (Å²) in [5, 5.41) is 9.20. The van der Waals surface area contributed by atoms with Gasteiger partial charge >= 0.3 is 12.2 Å². The third-order valence-corrected chi connectivity index (χ3v) is 8.36. The molecule has 0 spiro atoms. The van der Waals surface area contributed by atoms with Gasteiger partial charge in [0.05, 0.1) is 18.5 Å². The van der Waals surface area contributed by atoms with E-state index in [9.17, 15) is 19.2 Å². The van der Waals surface area contributed by atoms with Crippen molar-refractivity contribution < 1.29 is 28.7 Å². The van der Waals surface area contributed by atoms with Gasteiger partial charge in [0.15, 0.2) is 5.78 Å². The van der Waals surface area contributed by atoms with Crippen molar-refractivity contribution in [3.63, 3.8) is 0 Å². The van der Waals surface area contributed by atoms with E-state index in [1.165, 1.54) is 0 Å². The number of Topliss-reactive ketones (excluding diaryl/α,β-unsaturated/α-hetero) is 1. The van der Waals surface area contributed by atoms with Crippen molar-refractivity contribution in [2.24, 2.45) is 17.3 Å². The van der Waals surface area contributed by atoms with Crippen LogP contribution in [0.4, 0.5) is 9.59 Å². The lowest BCUT2D eigenvalue weighted by atomic mass is 9.83. The molecule has 2 aliphatic rings. The fraction of sp³-hybridized carbons (Fsp3) is 0.706. The Morgan fingerprint density at radius 3 is 2.16 bits per heavy atom. The molecule has 1 aliphatic heterocycles. The van der Waals surface area contributed by atoms with Crippen molar-refractivity contribution >= 4 is 23.9 Å². The van der Waals surface area contributed by atoms with Gasteiger partial charge in [-0.25, -0.2) is 9.59 Å². The van der Waals surface area contributed by atoms with E-state index in [0.29, 0.717) is 38.3 Å². The van der Waals surface area contributed by atoms with Crippen LogP contribution in [-0.2, 0) is 25.7 Å². The monoisotopic (exact) mass is 614 g/mol. The first-order valence-electron chi connectivity index (χ1n) is 16.2. The highest BCUT2D eigenvalue weighted by Crippen LogP contribution is 2.31. The molecule has 10 heteroatoms. The normalized spacial score (nSPS) is 17.9. The Morgan fingerprint density at radius 2 is 1.57 bits per heavy atom. The number of alkyl carbamates (subject to hydrolysis) is 1. The van der Waals surface area contributed by atoms with Crippen LogP contribution in [0.1, 0.15) is 92.1 Å². The summed E-state index contributed by atoms with van der Waals surface area (Å²) >= 11 is 0. The molecule has 3 amide bonds. The van der Waals surface area contributed by atoms with Crippen molar-refractivity contribution in [1.29, 1.82) is 0 Å². The smallest absolute Gasteiger partial charge is 0.410 e. The molecule has 1 aromatic carbocycles. The van der Waals surface area contributed by atoms with Crippen molar-refractivity contribution in [3.05, 3.63) is 35.9 Å². The second-order valence-corrected chi connectivity index (χ2v) is 14.4. The summed E-state index contributed by atoms with van der Waals surface area (Å²) in [5.74, 6) is -0.357. The summed E-state index contributed by atoms with van der Waals surface area (Å²) in [4.78, 5) is 53.7. The average molecular weight is 615 g/mol. The topological polar surface area (TPSA) is 126 Å². The number of piperidine rings is 1.